The van der Waals surface area contributed by atoms with Crippen molar-refractivity contribution in [3.8, 4) is 0 Å². The van der Waals surface area contributed by atoms with Crippen molar-refractivity contribution in [1.82, 2.24) is 5.06 Å². The van der Waals surface area contributed by atoms with Crippen LogP contribution >= 0.6 is 0 Å². The van der Waals surface area contributed by atoms with Gasteiger partial charge in [-0.05, 0) is 93.4 Å². The molecule has 56 heavy (non-hydrogen) atoms. The molecule has 1 saturated heterocycles. The molecule has 0 radical (unpaired) electrons. The van der Waals surface area contributed by atoms with E-state index in [1.165, 1.54) is 5.56 Å². The highest BCUT2D eigenvalue weighted by molar-refractivity contribution is 5.84. The summed E-state index contributed by atoms with van der Waals surface area (Å²) in [4.78, 5) is 49.4. The highest BCUT2D eigenvalue weighted by Gasteiger charge is 2.58. The summed E-state index contributed by atoms with van der Waals surface area (Å²) < 4.78 is 12.0. The first-order valence-electron chi connectivity index (χ1n) is 21.9. The van der Waals surface area contributed by atoms with Crippen molar-refractivity contribution in [2.75, 3.05) is 19.8 Å². The number of esters is 2. The number of nitrogens with zero attached hydrogens (tertiary/aromatic N) is 1. The van der Waals surface area contributed by atoms with Gasteiger partial charge in [0.25, 0.3) is 0 Å². The van der Waals surface area contributed by atoms with Gasteiger partial charge in [-0.15, -0.1) is 0 Å². The average molecular weight is 786 g/mol. The summed E-state index contributed by atoms with van der Waals surface area (Å²) in [6.07, 6.45) is 6.85. The summed E-state index contributed by atoms with van der Waals surface area (Å²) >= 11 is 0. The number of piperidine rings is 1. The van der Waals surface area contributed by atoms with Crippen LogP contribution in [0.2, 0.25) is 0 Å². The lowest BCUT2D eigenvalue weighted by Gasteiger charge is -2.58. The van der Waals surface area contributed by atoms with Crippen LogP contribution in [-0.4, -0.2) is 64.4 Å². The van der Waals surface area contributed by atoms with Gasteiger partial charge in [0, 0.05) is 12.3 Å². The highest BCUT2D eigenvalue weighted by Crippen LogP contribution is 2.55. The average Bonchev–Trinajstić information content (AvgIpc) is 3.15. The predicted octanol–water partition coefficient (Wildman–Crippen LogP) is 11.1. The molecule has 7 unspecified atom stereocenters. The molecule has 1 aromatic carbocycles. The topological polar surface area (TPSA) is 102 Å². The van der Waals surface area contributed by atoms with Gasteiger partial charge in [0.15, 0.2) is 0 Å². The number of rotatable bonds is 23. The summed E-state index contributed by atoms with van der Waals surface area (Å²) in [5.41, 5.74) is -2.59. The minimum atomic E-state index is -1.09. The van der Waals surface area contributed by atoms with Crippen LogP contribution in [0.3, 0.4) is 0 Å². The number of hydrogen-bond donors (Lipinski definition) is 1. The van der Waals surface area contributed by atoms with Crippen LogP contribution in [0.4, 0.5) is 0 Å². The van der Waals surface area contributed by atoms with Crippen molar-refractivity contribution in [2.24, 2.45) is 39.9 Å². The van der Waals surface area contributed by atoms with E-state index in [1.54, 1.807) is 0 Å². The van der Waals surface area contributed by atoms with Crippen LogP contribution in [0, 0.1) is 39.9 Å². The quantitative estimate of drug-likeness (QED) is 0.109. The zero-order chi connectivity index (χ0) is 42.9. The van der Waals surface area contributed by atoms with Crippen molar-refractivity contribution in [2.45, 2.75) is 191 Å². The van der Waals surface area contributed by atoms with Gasteiger partial charge in [-0.1, -0.05) is 133 Å². The Morgan fingerprint density at radius 1 is 0.893 bits per heavy atom. The first kappa shape index (κ1) is 49.9. The summed E-state index contributed by atoms with van der Waals surface area (Å²) in [7, 11) is 0. The van der Waals surface area contributed by atoms with E-state index in [4.69, 9.17) is 14.3 Å². The standard InChI is InChI=1S/C48H83NO7/c1-17-21-25-36(18-2)33-55-41(52)38(30-43(7,8)34(5)37-26-23-22-24-27-37)45(11,12)44(9,10)31-39(42(53)54-29-28-50)46(13,14)56-49-47(15,19-3)32-40(51)35(6)48(49,16)20-4/h22-24,26-27,34-36,38-39,50H,17-21,25,28-33H2,1-16H3. The number of hydrogen-bond acceptors (Lipinski definition) is 8. The molecule has 1 fully saturated rings. The smallest absolute Gasteiger partial charge is 0.312 e. The van der Waals surface area contributed by atoms with Crippen LogP contribution in [0.25, 0.3) is 0 Å². The number of hydroxylamine groups is 2. The highest BCUT2D eigenvalue weighted by atomic mass is 16.7. The maximum absolute atomic E-state index is 14.7. The van der Waals surface area contributed by atoms with Gasteiger partial charge in [0.1, 0.15) is 12.4 Å². The first-order chi connectivity index (χ1) is 25.8. The summed E-state index contributed by atoms with van der Waals surface area (Å²) in [6, 6.07) is 10.5. The molecule has 0 amide bonds. The number of aliphatic hydroxyl groups excluding tert-OH is 1. The molecule has 0 bridgehead atoms. The van der Waals surface area contributed by atoms with Crippen molar-refractivity contribution in [3.05, 3.63) is 35.9 Å². The lowest BCUT2D eigenvalue weighted by molar-refractivity contribution is -0.348. The Labute approximate surface area is 342 Å². The number of Topliss-reactive ketones (excluding diaryl/α,β-unsaturated/α-hetero) is 1. The van der Waals surface area contributed by atoms with E-state index >= 15 is 0 Å². The van der Waals surface area contributed by atoms with E-state index in [1.807, 2.05) is 31.9 Å². The molecule has 1 aliphatic heterocycles. The molecular formula is C48H83NO7. The Morgan fingerprint density at radius 3 is 2.00 bits per heavy atom. The fraction of sp³-hybridized carbons (Fsp3) is 0.812. The van der Waals surface area contributed by atoms with Gasteiger partial charge in [-0.2, -0.15) is 5.06 Å². The Morgan fingerprint density at radius 2 is 1.48 bits per heavy atom. The number of ether oxygens (including phenoxy) is 2. The Balaban J connectivity index is 2.67. The molecule has 1 aromatic rings. The second kappa shape index (κ2) is 20.1. The molecule has 8 heteroatoms. The molecular weight excluding hydrogens is 703 g/mol. The maximum Gasteiger partial charge on any atom is 0.312 e. The van der Waals surface area contributed by atoms with Crippen LogP contribution < -0.4 is 0 Å². The number of aliphatic hydroxyl groups is 1. The lowest BCUT2D eigenvalue weighted by Crippen LogP contribution is -2.68. The van der Waals surface area contributed by atoms with E-state index in [0.29, 0.717) is 44.6 Å². The number of ketones is 1. The van der Waals surface area contributed by atoms with Gasteiger partial charge < -0.3 is 14.6 Å². The van der Waals surface area contributed by atoms with Crippen molar-refractivity contribution >= 4 is 17.7 Å². The zero-order valence-electron chi connectivity index (χ0n) is 38.6. The minimum absolute atomic E-state index is 0.124. The summed E-state index contributed by atoms with van der Waals surface area (Å²) in [6.45, 7) is 33.8. The molecule has 322 valence electrons. The molecule has 8 nitrogen and oxygen atoms in total. The van der Waals surface area contributed by atoms with Crippen LogP contribution in [0.15, 0.2) is 30.3 Å². The maximum atomic E-state index is 14.7. The minimum Gasteiger partial charge on any atom is -0.465 e. The molecule has 0 aromatic heterocycles. The molecule has 1 aliphatic rings. The Hall–Kier alpha value is -2.29. The largest absolute Gasteiger partial charge is 0.465 e. The monoisotopic (exact) mass is 786 g/mol. The van der Waals surface area contributed by atoms with E-state index in [9.17, 15) is 19.5 Å². The number of benzene rings is 1. The van der Waals surface area contributed by atoms with Gasteiger partial charge >= 0.3 is 11.9 Å². The molecule has 2 rings (SSSR count). The Kier molecular flexibility index (Phi) is 17.9. The van der Waals surface area contributed by atoms with Crippen molar-refractivity contribution < 1.29 is 33.8 Å². The van der Waals surface area contributed by atoms with E-state index in [0.717, 1.165) is 25.7 Å². The van der Waals surface area contributed by atoms with Gasteiger partial charge in [-0.3, -0.25) is 19.2 Å². The zero-order valence-corrected chi connectivity index (χ0v) is 38.6. The van der Waals surface area contributed by atoms with Crippen LogP contribution in [0.5, 0.6) is 0 Å². The van der Waals surface area contributed by atoms with E-state index in [-0.39, 0.29) is 42.2 Å². The second-order valence-corrected chi connectivity index (χ2v) is 20.1. The second-order valence-electron chi connectivity index (χ2n) is 20.1. The normalized spacial score (nSPS) is 23.7. The van der Waals surface area contributed by atoms with Gasteiger partial charge in [-0.25, -0.2) is 0 Å². The van der Waals surface area contributed by atoms with Crippen molar-refractivity contribution in [1.29, 1.82) is 0 Å². The predicted molar refractivity (Wildman–Crippen MR) is 228 cm³/mol. The number of carbonyl (C=O) groups excluding carboxylic acids is 3. The Bertz CT molecular complexity index is 1400. The van der Waals surface area contributed by atoms with Gasteiger partial charge in [0.2, 0.25) is 0 Å². The summed E-state index contributed by atoms with van der Waals surface area (Å²) in [5, 5.41) is 11.7. The molecule has 0 spiro atoms. The third-order valence-electron chi connectivity index (χ3n) is 15.0. The van der Waals surface area contributed by atoms with E-state index < -0.39 is 45.3 Å². The van der Waals surface area contributed by atoms with Gasteiger partial charge in [0.05, 0.1) is 41.7 Å². The lowest BCUT2D eigenvalue weighted by atomic mass is 9.54. The number of unbranched alkanes of at least 4 members (excludes halogenated alkanes) is 1. The fourth-order valence-electron chi connectivity index (χ4n) is 8.80. The van der Waals surface area contributed by atoms with Crippen LogP contribution in [0.1, 0.15) is 180 Å². The molecule has 1 N–H and O–H groups in total. The van der Waals surface area contributed by atoms with Crippen LogP contribution in [-0.2, 0) is 28.7 Å². The molecule has 1 heterocycles. The first-order valence-corrected chi connectivity index (χ1v) is 21.9. The summed E-state index contributed by atoms with van der Waals surface area (Å²) in [5.74, 6) is -1.47. The molecule has 7 atom stereocenters. The fourth-order valence-corrected chi connectivity index (χ4v) is 8.80. The third-order valence-corrected chi connectivity index (χ3v) is 15.0. The van der Waals surface area contributed by atoms with E-state index in [2.05, 4.69) is 114 Å². The molecule has 0 saturated carbocycles. The third kappa shape index (κ3) is 11.5. The van der Waals surface area contributed by atoms with Crippen molar-refractivity contribution in [3.63, 3.8) is 0 Å². The molecule has 0 aliphatic carbocycles. The SMILES string of the molecule is CCCCC(CC)COC(=O)C(CC(C)(C)C(C)c1ccccc1)C(C)(C)C(C)(C)CC(C(=O)OCCO)C(C)(C)ON1C(C)(CC)CC(=O)C(C)C1(C)CC. The number of carbonyl (C=O) groups is 3.